The third-order valence-corrected chi connectivity index (χ3v) is 5.62. The minimum absolute atomic E-state index is 0.0185. The molecule has 1 amide bonds. The van der Waals surface area contributed by atoms with Gasteiger partial charge in [-0.3, -0.25) is 19.7 Å². The number of likely N-dealkylation sites (tertiary alicyclic amines) is 1. The van der Waals surface area contributed by atoms with E-state index in [-0.39, 0.29) is 29.5 Å². The maximum atomic E-state index is 13.1. The fourth-order valence-electron chi connectivity index (χ4n) is 3.93. The van der Waals surface area contributed by atoms with Crippen LogP contribution in [0.3, 0.4) is 0 Å². The van der Waals surface area contributed by atoms with Crippen LogP contribution in [0.1, 0.15) is 37.4 Å². The van der Waals surface area contributed by atoms with Crippen molar-refractivity contribution >= 4 is 23.1 Å². The van der Waals surface area contributed by atoms with E-state index in [9.17, 15) is 24.8 Å². The Morgan fingerprint density at radius 3 is 2.37 bits per heavy atom. The molecule has 0 aromatic heterocycles. The van der Waals surface area contributed by atoms with Crippen LogP contribution in [-0.2, 0) is 14.3 Å². The second-order valence-electron chi connectivity index (χ2n) is 8.18. The van der Waals surface area contributed by atoms with Crippen molar-refractivity contribution in [2.24, 2.45) is 0 Å². The number of ether oxygens (including phenoxy) is 3. The van der Waals surface area contributed by atoms with Gasteiger partial charge < -0.3 is 24.2 Å². The average Bonchev–Trinajstić information content (AvgIpc) is 3.10. The minimum Gasteiger partial charge on any atom is -0.507 e. The average molecular weight is 485 g/mol. The molecule has 0 saturated carbocycles. The first-order chi connectivity index (χ1) is 16.7. The third kappa shape index (κ3) is 5.43. The molecule has 3 rings (SSSR count). The minimum atomic E-state index is -0.940. The largest absolute Gasteiger partial charge is 0.507 e. The number of nitrogens with zero attached hydrogens (tertiary/aromatic N) is 2. The van der Waals surface area contributed by atoms with Crippen molar-refractivity contribution in [1.82, 2.24) is 4.90 Å². The molecule has 186 valence electrons. The molecule has 2 aromatic rings. The first-order valence-corrected chi connectivity index (χ1v) is 11.1. The molecule has 1 N–H and O–H groups in total. The van der Waals surface area contributed by atoms with Gasteiger partial charge in [-0.2, -0.15) is 0 Å². The summed E-state index contributed by atoms with van der Waals surface area (Å²) >= 11 is 0. The Kier molecular flexibility index (Phi) is 8.08. The smallest absolute Gasteiger partial charge is 0.295 e. The number of carbonyl (C=O) groups excluding carboxylic acids is 2. The Morgan fingerprint density at radius 2 is 1.80 bits per heavy atom. The second-order valence-corrected chi connectivity index (χ2v) is 8.18. The molecule has 1 fully saturated rings. The Balaban J connectivity index is 2.11. The van der Waals surface area contributed by atoms with Crippen LogP contribution in [0.15, 0.2) is 48.0 Å². The predicted octanol–water partition coefficient (Wildman–Crippen LogP) is 3.85. The van der Waals surface area contributed by atoms with Crippen molar-refractivity contribution in [3.05, 3.63) is 69.3 Å². The molecule has 1 heterocycles. The van der Waals surface area contributed by atoms with Crippen molar-refractivity contribution < 1.29 is 33.8 Å². The molecule has 1 aliphatic rings. The number of carbonyl (C=O) groups is 2. The first-order valence-electron chi connectivity index (χ1n) is 11.1. The number of ketones is 1. The first kappa shape index (κ1) is 25.7. The lowest BCUT2D eigenvalue weighted by Crippen LogP contribution is -2.31. The number of nitro groups is 1. The third-order valence-electron chi connectivity index (χ3n) is 5.62. The molecule has 1 aliphatic heterocycles. The number of Topliss-reactive ketones (excluding diaryl/α,β-unsaturated/α-hetero) is 1. The van der Waals surface area contributed by atoms with Crippen LogP contribution in [0, 0.1) is 10.1 Å². The number of amides is 1. The van der Waals surface area contributed by atoms with Gasteiger partial charge in [0.05, 0.1) is 36.9 Å². The number of benzene rings is 2. The summed E-state index contributed by atoms with van der Waals surface area (Å²) < 4.78 is 16.4. The lowest BCUT2D eigenvalue weighted by Gasteiger charge is -2.27. The monoisotopic (exact) mass is 484 g/mol. The topological polar surface area (TPSA) is 128 Å². The van der Waals surface area contributed by atoms with E-state index >= 15 is 0 Å². The molecule has 2 aromatic carbocycles. The highest BCUT2D eigenvalue weighted by Crippen LogP contribution is 2.43. The van der Waals surface area contributed by atoms with Crippen molar-refractivity contribution in [2.45, 2.75) is 32.4 Å². The second kappa shape index (κ2) is 11.0. The number of hydrogen-bond acceptors (Lipinski definition) is 8. The van der Waals surface area contributed by atoms with Gasteiger partial charge in [-0.1, -0.05) is 0 Å². The summed E-state index contributed by atoms with van der Waals surface area (Å²) in [7, 11) is 2.96. The van der Waals surface area contributed by atoms with Crippen molar-refractivity contribution in [3.63, 3.8) is 0 Å². The van der Waals surface area contributed by atoms with E-state index in [1.54, 1.807) is 18.2 Å². The van der Waals surface area contributed by atoms with Crippen molar-refractivity contribution in [2.75, 3.05) is 27.4 Å². The molecule has 0 radical (unpaired) electrons. The standard InChI is InChI=1S/C25H28N2O8/c1-15(2)35-13-5-12-26-22(19-11-10-18(33-3)14-20(19)34-4)21(24(29)25(26)30)23(28)16-6-8-17(9-7-16)27(31)32/h6-11,14-15,22,28H,5,12-13H2,1-4H3/t22-/m1/s1. The summed E-state index contributed by atoms with van der Waals surface area (Å²) in [6, 6.07) is 9.14. The zero-order valence-electron chi connectivity index (χ0n) is 20.0. The number of aliphatic hydroxyl groups is 1. The lowest BCUT2D eigenvalue weighted by atomic mass is 9.94. The van der Waals surface area contributed by atoms with E-state index in [2.05, 4.69) is 0 Å². The molecule has 0 bridgehead atoms. The number of non-ortho nitro benzene ring substituents is 1. The highest BCUT2D eigenvalue weighted by molar-refractivity contribution is 6.46. The van der Waals surface area contributed by atoms with Crippen LogP contribution >= 0.6 is 0 Å². The van der Waals surface area contributed by atoms with Gasteiger partial charge in [0.25, 0.3) is 17.4 Å². The van der Waals surface area contributed by atoms with Crippen LogP contribution in [-0.4, -0.2) is 60.1 Å². The Morgan fingerprint density at radius 1 is 1.11 bits per heavy atom. The van der Waals surface area contributed by atoms with Gasteiger partial charge >= 0.3 is 0 Å². The number of methoxy groups -OCH3 is 2. The summed E-state index contributed by atoms with van der Waals surface area (Å²) in [5.74, 6) is -1.16. The van der Waals surface area contributed by atoms with Gasteiger partial charge in [-0.05, 0) is 44.5 Å². The quantitative estimate of drug-likeness (QED) is 0.134. The molecular formula is C25H28N2O8. The van der Waals surface area contributed by atoms with E-state index in [0.717, 1.165) is 0 Å². The van der Waals surface area contributed by atoms with Crippen LogP contribution in [0.4, 0.5) is 5.69 Å². The molecule has 10 heteroatoms. The summed E-state index contributed by atoms with van der Waals surface area (Å²) in [6.07, 6.45) is 0.489. The van der Waals surface area contributed by atoms with Crippen LogP contribution in [0.25, 0.3) is 5.76 Å². The number of aliphatic hydroxyl groups excluding tert-OH is 1. The van der Waals surface area contributed by atoms with Crippen molar-refractivity contribution in [1.29, 1.82) is 0 Å². The molecule has 1 saturated heterocycles. The Bertz CT molecular complexity index is 1140. The van der Waals surface area contributed by atoms with E-state index in [1.165, 1.54) is 43.4 Å². The van der Waals surface area contributed by atoms with E-state index in [1.807, 2.05) is 13.8 Å². The summed E-state index contributed by atoms with van der Waals surface area (Å²) in [5, 5.41) is 22.1. The maximum Gasteiger partial charge on any atom is 0.295 e. The molecule has 0 spiro atoms. The predicted molar refractivity (Wildman–Crippen MR) is 127 cm³/mol. The molecule has 10 nitrogen and oxygen atoms in total. The lowest BCUT2D eigenvalue weighted by molar-refractivity contribution is -0.384. The van der Waals surface area contributed by atoms with Crippen molar-refractivity contribution in [3.8, 4) is 11.5 Å². The van der Waals surface area contributed by atoms with Gasteiger partial charge in [-0.25, -0.2) is 0 Å². The number of nitro benzene ring substituents is 1. The van der Waals surface area contributed by atoms with Gasteiger partial charge in [0, 0.05) is 42.5 Å². The van der Waals surface area contributed by atoms with Crippen LogP contribution in [0.2, 0.25) is 0 Å². The zero-order chi connectivity index (χ0) is 25.7. The summed E-state index contributed by atoms with van der Waals surface area (Å²) in [4.78, 5) is 38.0. The van der Waals surface area contributed by atoms with E-state index < -0.39 is 28.4 Å². The van der Waals surface area contributed by atoms with Gasteiger partial charge in [0.15, 0.2) is 0 Å². The SMILES string of the molecule is COc1ccc([C@@H]2C(=C(O)c3ccc([N+](=O)[O-])cc3)C(=O)C(=O)N2CCCOC(C)C)c(OC)c1. The van der Waals surface area contributed by atoms with Gasteiger partial charge in [0.1, 0.15) is 17.3 Å². The zero-order valence-corrected chi connectivity index (χ0v) is 20.0. The van der Waals surface area contributed by atoms with Gasteiger partial charge in [-0.15, -0.1) is 0 Å². The Hall–Kier alpha value is -3.92. The van der Waals surface area contributed by atoms with E-state index in [0.29, 0.717) is 30.1 Å². The van der Waals surface area contributed by atoms with E-state index in [4.69, 9.17) is 14.2 Å². The maximum absolute atomic E-state index is 13.1. The molecule has 0 aliphatic carbocycles. The van der Waals surface area contributed by atoms with Gasteiger partial charge in [0.2, 0.25) is 0 Å². The molecule has 0 unspecified atom stereocenters. The summed E-state index contributed by atoms with van der Waals surface area (Å²) in [5.41, 5.74) is 0.368. The Labute approximate surface area is 202 Å². The molecular weight excluding hydrogens is 456 g/mol. The summed E-state index contributed by atoms with van der Waals surface area (Å²) in [6.45, 7) is 4.39. The molecule has 1 atom stereocenters. The highest BCUT2D eigenvalue weighted by atomic mass is 16.6. The molecule has 35 heavy (non-hydrogen) atoms. The van der Waals surface area contributed by atoms with Crippen LogP contribution in [0.5, 0.6) is 11.5 Å². The number of hydrogen-bond donors (Lipinski definition) is 1. The number of rotatable bonds is 10. The fourth-order valence-corrected chi connectivity index (χ4v) is 3.93. The fraction of sp³-hybridized carbons (Fsp3) is 0.360. The normalized spacial score (nSPS) is 17.2. The highest BCUT2D eigenvalue weighted by Gasteiger charge is 2.46. The van der Waals surface area contributed by atoms with Crippen LogP contribution < -0.4 is 9.47 Å².